The number of fused-ring (bicyclic) bond motifs is 1. The lowest BCUT2D eigenvalue weighted by Gasteiger charge is -2.32. The Kier molecular flexibility index (Phi) is 8.14. The Morgan fingerprint density at radius 3 is 2.53 bits per heavy atom. The fourth-order valence-electron chi connectivity index (χ4n) is 5.08. The highest BCUT2D eigenvalue weighted by Gasteiger charge is 2.27. The molecule has 1 amide bonds. The Morgan fingerprint density at radius 2 is 1.82 bits per heavy atom. The molecule has 9 nitrogen and oxygen atoms in total. The molecule has 0 radical (unpaired) electrons. The van der Waals surface area contributed by atoms with Crippen molar-refractivity contribution in [2.24, 2.45) is 0 Å². The number of nitrogens with zero attached hydrogens (tertiary/aromatic N) is 3. The van der Waals surface area contributed by atoms with Crippen molar-refractivity contribution in [3.05, 3.63) is 53.6 Å². The first-order chi connectivity index (χ1) is 18.6. The van der Waals surface area contributed by atoms with Crippen molar-refractivity contribution in [3.8, 4) is 17.2 Å². The summed E-state index contributed by atoms with van der Waals surface area (Å²) in [5.74, 6) is 2.63. The summed E-state index contributed by atoms with van der Waals surface area (Å²) in [6.45, 7) is 4.38. The van der Waals surface area contributed by atoms with Crippen LogP contribution in [0.4, 0.5) is 5.82 Å². The Labute approximate surface area is 223 Å². The van der Waals surface area contributed by atoms with E-state index in [1.54, 1.807) is 39.5 Å². The van der Waals surface area contributed by atoms with Gasteiger partial charge in [0, 0.05) is 55.4 Å². The third-order valence-corrected chi connectivity index (χ3v) is 7.12. The van der Waals surface area contributed by atoms with Gasteiger partial charge in [0.05, 0.1) is 46.2 Å². The summed E-state index contributed by atoms with van der Waals surface area (Å²) < 4.78 is 27.8. The van der Waals surface area contributed by atoms with E-state index in [0.29, 0.717) is 43.4 Å². The first-order valence-corrected chi connectivity index (χ1v) is 13.0. The monoisotopic (exact) mass is 521 g/mol. The molecule has 2 aromatic carbocycles. The predicted molar refractivity (Wildman–Crippen MR) is 145 cm³/mol. The van der Waals surface area contributed by atoms with E-state index >= 15 is 0 Å². The fourth-order valence-corrected chi connectivity index (χ4v) is 5.08. The standard InChI is InChI=1S/C29H35N3O6/c1-34-23-8-6-20-15-22(28(30-25(20)17-23)31-10-13-37-14-11-31)18-32(19-24-5-4-12-38-24)29(33)21-7-9-26(35-2)27(16-21)36-3/h6-9,15-17,24H,4-5,10-14,18-19H2,1-3H3. The minimum atomic E-state index is -0.0933. The van der Waals surface area contributed by atoms with Crippen LogP contribution in [0.3, 0.4) is 0 Å². The molecule has 2 aliphatic rings. The zero-order valence-electron chi connectivity index (χ0n) is 22.3. The van der Waals surface area contributed by atoms with Crippen LogP contribution in [-0.2, 0) is 16.0 Å². The topological polar surface area (TPSA) is 82.6 Å². The lowest BCUT2D eigenvalue weighted by atomic mass is 10.1. The van der Waals surface area contributed by atoms with E-state index in [4.69, 9.17) is 28.7 Å². The molecule has 0 bridgehead atoms. The van der Waals surface area contributed by atoms with Crippen LogP contribution in [0.1, 0.15) is 28.8 Å². The van der Waals surface area contributed by atoms with E-state index in [1.165, 1.54) is 0 Å². The maximum Gasteiger partial charge on any atom is 0.254 e. The number of anilines is 1. The van der Waals surface area contributed by atoms with Crippen LogP contribution in [0.2, 0.25) is 0 Å². The van der Waals surface area contributed by atoms with E-state index < -0.39 is 0 Å². The van der Waals surface area contributed by atoms with Crippen LogP contribution in [0, 0.1) is 0 Å². The van der Waals surface area contributed by atoms with E-state index in [0.717, 1.165) is 60.6 Å². The van der Waals surface area contributed by atoms with Crippen molar-refractivity contribution in [2.45, 2.75) is 25.5 Å². The van der Waals surface area contributed by atoms with Crippen LogP contribution < -0.4 is 19.1 Å². The van der Waals surface area contributed by atoms with Crippen LogP contribution in [-0.4, -0.2) is 82.7 Å². The molecule has 2 aliphatic heterocycles. The number of ether oxygens (including phenoxy) is 5. The summed E-state index contributed by atoms with van der Waals surface area (Å²) in [6.07, 6.45) is 1.94. The maximum absolute atomic E-state index is 13.9. The molecule has 38 heavy (non-hydrogen) atoms. The van der Waals surface area contributed by atoms with Gasteiger partial charge in [0.1, 0.15) is 11.6 Å². The third kappa shape index (κ3) is 5.63. The van der Waals surface area contributed by atoms with E-state index in [-0.39, 0.29) is 12.0 Å². The summed E-state index contributed by atoms with van der Waals surface area (Å²) in [4.78, 5) is 23.1. The number of carbonyl (C=O) groups excluding carboxylic acids is 1. The number of hydrogen-bond donors (Lipinski definition) is 0. The highest BCUT2D eigenvalue weighted by molar-refractivity contribution is 5.95. The van der Waals surface area contributed by atoms with Gasteiger partial charge in [0.2, 0.25) is 0 Å². The predicted octanol–water partition coefficient (Wildman–Crippen LogP) is 3.92. The molecule has 0 aliphatic carbocycles. The molecule has 5 rings (SSSR count). The van der Waals surface area contributed by atoms with Crippen molar-refractivity contribution in [1.82, 2.24) is 9.88 Å². The quantitative estimate of drug-likeness (QED) is 0.419. The van der Waals surface area contributed by atoms with Crippen molar-refractivity contribution in [3.63, 3.8) is 0 Å². The number of carbonyl (C=O) groups is 1. The number of benzene rings is 2. The molecule has 1 aromatic heterocycles. The molecular formula is C29H35N3O6. The third-order valence-electron chi connectivity index (χ3n) is 7.12. The SMILES string of the molecule is COc1ccc2cc(CN(CC3CCCO3)C(=O)c3ccc(OC)c(OC)c3)c(N3CCOCC3)nc2c1. The summed E-state index contributed by atoms with van der Waals surface area (Å²) >= 11 is 0. The molecule has 0 spiro atoms. The number of aromatic nitrogens is 1. The van der Waals surface area contributed by atoms with Crippen LogP contribution >= 0.6 is 0 Å². The van der Waals surface area contributed by atoms with Gasteiger partial charge in [0.25, 0.3) is 5.91 Å². The molecule has 1 atom stereocenters. The summed E-state index contributed by atoms with van der Waals surface area (Å²) in [5, 5.41) is 0.994. The second-order valence-corrected chi connectivity index (χ2v) is 9.52. The first-order valence-electron chi connectivity index (χ1n) is 13.0. The molecular weight excluding hydrogens is 486 g/mol. The second-order valence-electron chi connectivity index (χ2n) is 9.52. The van der Waals surface area contributed by atoms with Gasteiger partial charge in [-0.2, -0.15) is 0 Å². The molecule has 2 saturated heterocycles. The van der Waals surface area contributed by atoms with Crippen LogP contribution in [0.15, 0.2) is 42.5 Å². The van der Waals surface area contributed by atoms with Gasteiger partial charge in [-0.3, -0.25) is 4.79 Å². The molecule has 0 N–H and O–H groups in total. The average molecular weight is 522 g/mol. The largest absolute Gasteiger partial charge is 0.497 e. The Morgan fingerprint density at radius 1 is 1.00 bits per heavy atom. The molecule has 3 aromatic rings. The Balaban J connectivity index is 1.53. The highest BCUT2D eigenvalue weighted by Crippen LogP contribution is 2.31. The zero-order valence-corrected chi connectivity index (χ0v) is 22.3. The molecule has 3 heterocycles. The van der Waals surface area contributed by atoms with Gasteiger partial charge in [-0.1, -0.05) is 0 Å². The van der Waals surface area contributed by atoms with Gasteiger partial charge in [0.15, 0.2) is 11.5 Å². The van der Waals surface area contributed by atoms with Crippen LogP contribution in [0.5, 0.6) is 17.2 Å². The van der Waals surface area contributed by atoms with Gasteiger partial charge in [-0.05, 0) is 49.2 Å². The first kappa shape index (κ1) is 26.1. The van der Waals surface area contributed by atoms with Crippen molar-refractivity contribution in [2.75, 3.05) is 65.7 Å². The highest BCUT2D eigenvalue weighted by atomic mass is 16.5. The fraction of sp³-hybridized carbons (Fsp3) is 0.448. The van der Waals surface area contributed by atoms with Crippen molar-refractivity contribution < 1.29 is 28.5 Å². The number of pyridine rings is 1. The lowest BCUT2D eigenvalue weighted by molar-refractivity contribution is 0.0507. The van der Waals surface area contributed by atoms with Gasteiger partial charge in [-0.15, -0.1) is 0 Å². The van der Waals surface area contributed by atoms with E-state index in [1.807, 2.05) is 23.1 Å². The maximum atomic E-state index is 13.9. The van der Waals surface area contributed by atoms with E-state index in [9.17, 15) is 4.79 Å². The lowest BCUT2D eigenvalue weighted by Crippen LogP contribution is -2.40. The Bertz CT molecular complexity index is 1270. The summed E-state index contributed by atoms with van der Waals surface area (Å²) in [7, 11) is 4.81. The number of methoxy groups -OCH3 is 3. The van der Waals surface area contributed by atoms with Gasteiger partial charge in [-0.25, -0.2) is 4.98 Å². The summed E-state index contributed by atoms with van der Waals surface area (Å²) in [5.41, 5.74) is 2.37. The smallest absolute Gasteiger partial charge is 0.254 e. The number of hydrogen-bond acceptors (Lipinski definition) is 8. The average Bonchev–Trinajstić information content (AvgIpc) is 3.49. The Hall–Kier alpha value is -3.56. The minimum absolute atomic E-state index is 0.00334. The molecule has 0 saturated carbocycles. The normalized spacial score (nSPS) is 17.4. The summed E-state index contributed by atoms with van der Waals surface area (Å²) in [6, 6.07) is 13.3. The van der Waals surface area contributed by atoms with Crippen LogP contribution in [0.25, 0.3) is 10.9 Å². The van der Waals surface area contributed by atoms with Crippen molar-refractivity contribution in [1.29, 1.82) is 0 Å². The second kappa shape index (κ2) is 11.9. The van der Waals surface area contributed by atoms with E-state index in [2.05, 4.69) is 11.0 Å². The minimum Gasteiger partial charge on any atom is -0.497 e. The zero-order chi connectivity index (χ0) is 26.5. The van der Waals surface area contributed by atoms with Crippen molar-refractivity contribution >= 4 is 22.6 Å². The molecule has 2 fully saturated rings. The molecule has 202 valence electrons. The molecule has 1 unspecified atom stereocenters. The molecule has 9 heteroatoms. The number of rotatable bonds is 9. The number of morpholine rings is 1. The number of amides is 1. The van der Waals surface area contributed by atoms with Gasteiger partial charge < -0.3 is 33.5 Å². The van der Waals surface area contributed by atoms with Gasteiger partial charge >= 0.3 is 0 Å².